The molecule has 7 heteroatoms. The van der Waals surface area contributed by atoms with Crippen LogP contribution in [0.25, 0.3) is 0 Å². The first-order chi connectivity index (χ1) is 13.1. The number of ether oxygens (including phenoxy) is 1. The van der Waals surface area contributed by atoms with E-state index >= 15 is 0 Å². The summed E-state index contributed by atoms with van der Waals surface area (Å²) in [4.78, 5) is 15.4. The first-order valence-corrected chi connectivity index (χ1v) is 9.53. The van der Waals surface area contributed by atoms with Gasteiger partial charge in [-0.25, -0.2) is 5.01 Å². The van der Waals surface area contributed by atoms with Crippen molar-refractivity contribution in [3.63, 3.8) is 0 Å². The molecule has 0 bridgehead atoms. The minimum absolute atomic E-state index is 0.0257. The number of hydrogen-bond acceptors (Lipinski definition) is 5. The average molecular weight is 388 g/mol. The zero-order valence-electron chi connectivity index (χ0n) is 15.2. The summed E-state index contributed by atoms with van der Waals surface area (Å²) in [5.41, 5.74) is 1.82. The lowest BCUT2D eigenvalue weighted by Gasteiger charge is -2.33. The standard InChI is InChI=1S/C20H22ClN3O3/c1-14(23-8-11-26-12-9-23)20(25)24-18(19-3-2-10-27-19)13-17(22-24)15-4-6-16(21)7-5-15/h2-7,10,14,18H,8-9,11-13H2,1H3/t14-,18-/m1/s1. The zero-order chi connectivity index (χ0) is 18.8. The number of benzene rings is 1. The second-order valence-electron chi connectivity index (χ2n) is 6.80. The molecule has 2 aromatic rings. The fraction of sp³-hybridized carbons (Fsp3) is 0.400. The molecule has 0 radical (unpaired) electrons. The van der Waals surface area contributed by atoms with Gasteiger partial charge in [-0.2, -0.15) is 5.10 Å². The van der Waals surface area contributed by atoms with Crippen LogP contribution in [0.4, 0.5) is 0 Å². The van der Waals surface area contributed by atoms with Gasteiger partial charge in [0.25, 0.3) is 5.91 Å². The highest BCUT2D eigenvalue weighted by molar-refractivity contribution is 6.30. The van der Waals surface area contributed by atoms with E-state index in [9.17, 15) is 4.79 Å². The number of nitrogens with zero attached hydrogens (tertiary/aromatic N) is 3. The predicted molar refractivity (Wildman–Crippen MR) is 103 cm³/mol. The Labute approximate surface area is 163 Å². The van der Waals surface area contributed by atoms with Crippen molar-refractivity contribution in [2.45, 2.75) is 25.4 Å². The molecule has 2 atom stereocenters. The largest absolute Gasteiger partial charge is 0.467 e. The van der Waals surface area contributed by atoms with Crippen LogP contribution in [-0.4, -0.2) is 53.9 Å². The summed E-state index contributed by atoms with van der Waals surface area (Å²) in [5, 5.41) is 6.94. The summed E-state index contributed by atoms with van der Waals surface area (Å²) in [6.07, 6.45) is 2.24. The van der Waals surface area contributed by atoms with Crippen LogP contribution >= 0.6 is 11.6 Å². The quantitative estimate of drug-likeness (QED) is 0.807. The number of carbonyl (C=O) groups is 1. The SMILES string of the molecule is C[C@H](C(=O)N1N=C(c2ccc(Cl)cc2)C[C@@H]1c1ccco1)N1CCOCC1. The van der Waals surface area contributed by atoms with Crippen LogP contribution in [0.2, 0.25) is 5.02 Å². The second-order valence-corrected chi connectivity index (χ2v) is 7.23. The van der Waals surface area contributed by atoms with E-state index < -0.39 is 0 Å². The molecule has 0 unspecified atom stereocenters. The number of carbonyl (C=O) groups excluding carboxylic acids is 1. The van der Waals surface area contributed by atoms with Gasteiger partial charge in [-0.15, -0.1) is 0 Å². The lowest BCUT2D eigenvalue weighted by atomic mass is 10.0. The van der Waals surface area contributed by atoms with Gasteiger partial charge in [0.05, 0.1) is 31.2 Å². The Kier molecular flexibility index (Phi) is 5.29. The fourth-order valence-electron chi connectivity index (χ4n) is 3.55. The third kappa shape index (κ3) is 3.78. The van der Waals surface area contributed by atoms with E-state index in [4.69, 9.17) is 20.8 Å². The molecule has 1 aromatic carbocycles. The maximum Gasteiger partial charge on any atom is 0.260 e. The van der Waals surface area contributed by atoms with Gasteiger partial charge in [-0.3, -0.25) is 9.69 Å². The van der Waals surface area contributed by atoms with Crippen LogP contribution in [0, 0.1) is 0 Å². The van der Waals surface area contributed by atoms with Gasteiger partial charge >= 0.3 is 0 Å². The van der Waals surface area contributed by atoms with Crippen molar-refractivity contribution in [3.05, 3.63) is 59.0 Å². The Hall–Kier alpha value is -2.15. The van der Waals surface area contributed by atoms with Crippen LogP contribution in [-0.2, 0) is 9.53 Å². The highest BCUT2D eigenvalue weighted by Gasteiger charge is 2.38. The molecule has 4 rings (SSSR count). The van der Waals surface area contributed by atoms with E-state index in [1.165, 1.54) is 0 Å². The topological polar surface area (TPSA) is 58.3 Å². The highest BCUT2D eigenvalue weighted by Crippen LogP contribution is 2.34. The molecular formula is C20H22ClN3O3. The number of hydrazone groups is 1. The molecule has 1 aromatic heterocycles. The Morgan fingerprint density at radius 1 is 1.22 bits per heavy atom. The maximum absolute atomic E-state index is 13.3. The highest BCUT2D eigenvalue weighted by atomic mass is 35.5. The van der Waals surface area contributed by atoms with Crippen molar-refractivity contribution in [2.75, 3.05) is 26.3 Å². The van der Waals surface area contributed by atoms with Gasteiger partial charge in [0.2, 0.25) is 0 Å². The molecule has 1 saturated heterocycles. The van der Waals surface area contributed by atoms with Crippen molar-refractivity contribution < 1.29 is 13.9 Å². The van der Waals surface area contributed by atoms with Crippen molar-refractivity contribution in [2.24, 2.45) is 5.10 Å². The van der Waals surface area contributed by atoms with Crippen molar-refractivity contribution in [1.29, 1.82) is 0 Å². The van der Waals surface area contributed by atoms with Gasteiger partial charge in [0.1, 0.15) is 11.8 Å². The number of hydrogen-bond donors (Lipinski definition) is 0. The number of amides is 1. The smallest absolute Gasteiger partial charge is 0.260 e. The molecule has 0 N–H and O–H groups in total. The summed E-state index contributed by atoms with van der Waals surface area (Å²) in [7, 11) is 0. The zero-order valence-corrected chi connectivity index (χ0v) is 15.9. The normalized spacial score (nSPS) is 21.9. The summed E-state index contributed by atoms with van der Waals surface area (Å²) in [5.74, 6) is 0.715. The van der Waals surface area contributed by atoms with Crippen molar-refractivity contribution >= 4 is 23.2 Å². The van der Waals surface area contributed by atoms with Gasteiger partial charge in [0, 0.05) is 24.5 Å². The Morgan fingerprint density at radius 3 is 2.63 bits per heavy atom. The molecule has 6 nitrogen and oxygen atoms in total. The van der Waals surface area contributed by atoms with E-state index in [2.05, 4.69) is 10.0 Å². The van der Waals surface area contributed by atoms with Gasteiger partial charge in [-0.1, -0.05) is 23.7 Å². The minimum atomic E-state index is -0.264. The number of furan rings is 1. The van der Waals surface area contributed by atoms with Crippen molar-refractivity contribution in [3.8, 4) is 0 Å². The van der Waals surface area contributed by atoms with Crippen LogP contribution in [0.15, 0.2) is 52.2 Å². The van der Waals surface area contributed by atoms with Gasteiger partial charge in [-0.05, 0) is 36.8 Å². The van der Waals surface area contributed by atoms with E-state index in [0.717, 1.165) is 30.1 Å². The molecular weight excluding hydrogens is 366 g/mol. The summed E-state index contributed by atoms with van der Waals surface area (Å²) >= 11 is 6.00. The maximum atomic E-state index is 13.3. The van der Waals surface area contributed by atoms with E-state index in [-0.39, 0.29) is 18.0 Å². The fourth-order valence-corrected chi connectivity index (χ4v) is 3.67. The van der Waals surface area contributed by atoms with Crippen molar-refractivity contribution in [1.82, 2.24) is 9.91 Å². The number of halogens is 1. The monoisotopic (exact) mass is 387 g/mol. The van der Waals surface area contributed by atoms with E-state index in [0.29, 0.717) is 24.7 Å². The molecule has 0 aliphatic carbocycles. The van der Waals surface area contributed by atoms with Crippen LogP contribution < -0.4 is 0 Å². The van der Waals surface area contributed by atoms with E-state index in [1.54, 1.807) is 11.3 Å². The molecule has 2 aliphatic rings. The number of rotatable bonds is 4. The third-order valence-corrected chi connectivity index (χ3v) is 5.39. The average Bonchev–Trinajstić information content (AvgIpc) is 3.38. The molecule has 0 saturated carbocycles. The summed E-state index contributed by atoms with van der Waals surface area (Å²) in [6.45, 7) is 4.74. The first-order valence-electron chi connectivity index (χ1n) is 9.15. The Bertz CT molecular complexity index is 814. The van der Waals surface area contributed by atoms with E-state index in [1.807, 2.05) is 43.3 Å². The predicted octanol–water partition coefficient (Wildman–Crippen LogP) is 3.33. The lowest BCUT2D eigenvalue weighted by Crippen LogP contribution is -2.49. The van der Waals surface area contributed by atoms with Crippen LogP contribution in [0.3, 0.4) is 0 Å². The summed E-state index contributed by atoms with van der Waals surface area (Å²) in [6, 6.07) is 10.8. The van der Waals surface area contributed by atoms with Gasteiger partial charge in [0.15, 0.2) is 0 Å². The lowest BCUT2D eigenvalue weighted by molar-refractivity contribution is -0.140. The second kappa shape index (κ2) is 7.84. The Balaban J connectivity index is 1.61. The molecule has 3 heterocycles. The molecule has 0 spiro atoms. The molecule has 2 aliphatic heterocycles. The third-order valence-electron chi connectivity index (χ3n) is 5.14. The first kappa shape index (κ1) is 18.2. The van der Waals surface area contributed by atoms with Crippen LogP contribution in [0.1, 0.15) is 30.7 Å². The molecule has 27 heavy (non-hydrogen) atoms. The molecule has 142 valence electrons. The van der Waals surface area contributed by atoms with Crippen LogP contribution in [0.5, 0.6) is 0 Å². The minimum Gasteiger partial charge on any atom is -0.467 e. The molecule has 1 amide bonds. The molecule has 1 fully saturated rings. The van der Waals surface area contributed by atoms with Gasteiger partial charge < -0.3 is 9.15 Å². The number of morpholine rings is 1. The Morgan fingerprint density at radius 2 is 1.96 bits per heavy atom. The summed E-state index contributed by atoms with van der Waals surface area (Å²) < 4.78 is 11.0.